The van der Waals surface area contributed by atoms with Gasteiger partial charge in [0, 0.05) is 13.1 Å². The third-order valence-corrected chi connectivity index (χ3v) is 4.39. The first-order chi connectivity index (χ1) is 8.59. The average Bonchev–Trinajstić information content (AvgIpc) is 2.28. The highest BCUT2D eigenvalue weighted by Gasteiger charge is 2.31. The molecule has 0 saturated heterocycles. The minimum Gasteiger partial charge on any atom is -0.389 e. The maximum Gasteiger partial charge on any atom is 0.246 e. The van der Waals surface area contributed by atoms with Crippen LogP contribution in [-0.2, 0) is 10.0 Å². The van der Waals surface area contributed by atoms with Gasteiger partial charge in [-0.2, -0.15) is 4.31 Å². The molecule has 0 unspecified atom stereocenters. The van der Waals surface area contributed by atoms with Crippen LogP contribution in [0.25, 0.3) is 0 Å². The zero-order valence-corrected chi connectivity index (χ0v) is 11.8. The molecule has 1 aromatic carbocycles. The van der Waals surface area contributed by atoms with Crippen molar-refractivity contribution in [3.8, 4) is 0 Å². The van der Waals surface area contributed by atoms with Gasteiger partial charge < -0.3 is 5.11 Å². The van der Waals surface area contributed by atoms with Gasteiger partial charge in [-0.25, -0.2) is 17.2 Å². The lowest BCUT2D eigenvalue weighted by molar-refractivity contribution is 0.0601. The summed E-state index contributed by atoms with van der Waals surface area (Å²) in [4.78, 5) is -0.724. The molecule has 0 heterocycles. The molecule has 0 amide bonds. The minimum absolute atomic E-state index is 0.0439. The molecule has 1 rings (SSSR count). The molecule has 108 valence electrons. The Balaban J connectivity index is 3.25. The predicted octanol–water partition coefficient (Wildman–Crippen LogP) is 1.75. The Morgan fingerprint density at radius 1 is 1.32 bits per heavy atom. The average molecular weight is 293 g/mol. The van der Waals surface area contributed by atoms with Gasteiger partial charge in [0.1, 0.15) is 4.90 Å². The van der Waals surface area contributed by atoms with Gasteiger partial charge in [-0.1, -0.05) is 13.0 Å². The second-order valence-corrected chi connectivity index (χ2v) is 6.70. The van der Waals surface area contributed by atoms with Gasteiger partial charge in [0.05, 0.1) is 5.60 Å². The van der Waals surface area contributed by atoms with E-state index in [0.29, 0.717) is 0 Å². The number of sulfonamides is 1. The van der Waals surface area contributed by atoms with Gasteiger partial charge in [-0.3, -0.25) is 0 Å². The van der Waals surface area contributed by atoms with Gasteiger partial charge in [0.15, 0.2) is 11.6 Å². The van der Waals surface area contributed by atoms with Gasteiger partial charge in [0.2, 0.25) is 10.0 Å². The van der Waals surface area contributed by atoms with Crippen LogP contribution < -0.4 is 0 Å². The van der Waals surface area contributed by atoms with E-state index in [0.717, 1.165) is 22.5 Å². The van der Waals surface area contributed by atoms with E-state index in [9.17, 15) is 22.3 Å². The monoisotopic (exact) mass is 293 g/mol. The molecule has 0 spiro atoms. The largest absolute Gasteiger partial charge is 0.389 e. The van der Waals surface area contributed by atoms with Crippen LogP contribution in [0.1, 0.15) is 20.8 Å². The van der Waals surface area contributed by atoms with Crippen LogP contribution in [0.2, 0.25) is 0 Å². The molecule has 0 aliphatic rings. The molecule has 0 radical (unpaired) electrons. The summed E-state index contributed by atoms with van der Waals surface area (Å²) in [7, 11) is -4.18. The molecule has 1 aromatic rings. The standard InChI is InChI=1S/C12H17F2NO3S/c1-4-15(8-12(2,3)16)19(17,18)10-7-5-6-9(13)11(10)14/h5-7,16H,4,8H2,1-3H3. The highest BCUT2D eigenvalue weighted by Crippen LogP contribution is 2.22. The number of hydrogen-bond acceptors (Lipinski definition) is 3. The van der Waals surface area contributed by atoms with Crippen LogP contribution in [0.5, 0.6) is 0 Å². The van der Waals surface area contributed by atoms with E-state index in [4.69, 9.17) is 0 Å². The summed E-state index contributed by atoms with van der Waals surface area (Å²) < 4.78 is 52.0. The summed E-state index contributed by atoms with van der Waals surface area (Å²) >= 11 is 0. The zero-order chi connectivity index (χ0) is 14.8. The number of halogens is 2. The van der Waals surface area contributed by atoms with Crippen molar-refractivity contribution >= 4 is 10.0 Å². The van der Waals surface area contributed by atoms with E-state index < -0.39 is 32.2 Å². The van der Waals surface area contributed by atoms with Crippen LogP contribution in [0.4, 0.5) is 8.78 Å². The first-order valence-corrected chi connectivity index (χ1v) is 7.20. The molecular weight excluding hydrogens is 276 g/mol. The molecule has 19 heavy (non-hydrogen) atoms. The lowest BCUT2D eigenvalue weighted by atomic mass is 10.1. The summed E-state index contributed by atoms with van der Waals surface area (Å²) in [6.07, 6.45) is 0. The molecule has 0 fully saturated rings. The second-order valence-electron chi connectivity index (χ2n) is 4.80. The van der Waals surface area contributed by atoms with Gasteiger partial charge in [0.25, 0.3) is 0 Å². The van der Waals surface area contributed by atoms with Crippen molar-refractivity contribution in [2.24, 2.45) is 0 Å². The number of hydrogen-bond donors (Lipinski definition) is 1. The first-order valence-electron chi connectivity index (χ1n) is 5.76. The van der Waals surface area contributed by atoms with E-state index in [1.807, 2.05) is 0 Å². The first kappa shape index (κ1) is 16.0. The molecule has 0 bridgehead atoms. The third-order valence-electron chi connectivity index (χ3n) is 2.45. The highest BCUT2D eigenvalue weighted by molar-refractivity contribution is 7.89. The van der Waals surface area contributed by atoms with Crippen LogP contribution in [0.3, 0.4) is 0 Å². The van der Waals surface area contributed by atoms with Crippen molar-refractivity contribution in [1.29, 1.82) is 0 Å². The third kappa shape index (κ3) is 3.71. The van der Waals surface area contributed by atoms with Gasteiger partial charge in [-0.15, -0.1) is 0 Å². The molecule has 4 nitrogen and oxygen atoms in total. The quantitative estimate of drug-likeness (QED) is 0.899. The Morgan fingerprint density at radius 3 is 2.37 bits per heavy atom. The van der Waals surface area contributed by atoms with Crippen LogP contribution in [0, 0.1) is 11.6 Å². The van der Waals surface area contributed by atoms with E-state index >= 15 is 0 Å². The second kappa shape index (κ2) is 5.52. The lowest BCUT2D eigenvalue weighted by Gasteiger charge is -2.27. The number of benzene rings is 1. The Hall–Kier alpha value is -1.05. The van der Waals surface area contributed by atoms with E-state index in [-0.39, 0.29) is 13.1 Å². The number of rotatable bonds is 5. The Kier molecular flexibility index (Phi) is 4.65. The lowest BCUT2D eigenvalue weighted by Crippen LogP contribution is -2.42. The van der Waals surface area contributed by atoms with Crippen LogP contribution >= 0.6 is 0 Å². The summed E-state index contributed by atoms with van der Waals surface area (Å²) in [5, 5.41) is 9.68. The molecule has 1 N–H and O–H groups in total. The fraction of sp³-hybridized carbons (Fsp3) is 0.500. The fourth-order valence-electron chi connectivity index (χ4n) is 1.62. The van der Waals surface area contributed by atoms with E-state index in [1.54, 1.807) is 6.92 Å². The number of nitrogens with zero attached hydrogens (tertiary/aromatic N) is 1. The Morgan fingerprint density at radius 2 is 1.89 bits per heavy atom. The van der Waals surface area contributed by atoms with Gasteiger partial charge in [-0.05, 0) is 26.0 Å². The van der Waals surface area contributed by atoms with Gasteiger partial charge >= 0.3 is 0 Å². The van der Waals surface area contributed by atoms with Crippen molar-refractivity contribution in [2.75, 3.05) is 13.1 Å². The molecule has 0 saturated carbocycles. The molecule has 0 aliphatic carbocycles. The highest BCUT2D eigenvalue weighted by atomic mass is 32.2. The summed E-state index contributed by atoms with van der Waals surface area (Å²) in [6, 6.07) is 2.98. The Labute approximate surface area is 111 Å². The topological polar surface area (TPSA) is 57.6 Å². The summed E-state index contributed by atoms with van der Waals surface area (Å²) in [5.74, 6) is -2.63. The maximum atomic E-state index is 13.6. The zero-order valence-electron chi connectivity index (χ0n) is 11.0. The predicted molar refractivity (Wildman–Crippen MR) is 67.1 cm³/mol. The molecular formula is C12H17F2NO3S. The fourth-order valence-corrected chi connectivity index (χ4v) is 3.30. The Bertz CT molecular complexity index is 553. The maximum absolute atomic E-state index is 13.6. The summed E-state index contributed by atoms with van der Waals surface area (Å²) in [6.45, 7) is 4.27. The number of aliphatic hydroxyl groups is 1. The normalized spacial score (nSPS) is 13.0. The van der Waals surface area contributed by atoms with Crippen LogP contribution in [0.15, 0.2) is 23.1 Å². The summed E-state index contributed by atoms with van der Waals surface area (Å²) in [5.41, 5.74) is -1.27. The van der Waals surface area contributed by atoms with Crippen molar-refractivity contribution < 1.29 is 22.3 Å². The number of likely N-dealkylation sites (N-methyl/N-ethyl adjacent to an activating group) is 1. The molecule has 7 heteroatoms. The SMILES string of the molecule is CCN(CC(C)(C)O)S(=O)(=O)c1cccc(F)c1F. The molecule has 0 aromatic heterocycles. The van der Waals surface area contributed by atoms with Crippen molar-refractivity contribution in [1.82, 2.24) is 4.31 Å². The van der Waals surface area contributed by atoms with Crippen molar-refractivity contribution in [3.05, 3.63) is 29.8 Å². The van der Waals surface area contributed by atoms with Crippen molar-refractivity contribution in [2.45, 2.75) is 31.3 Å². The minimum atomic E-state index is -4.18. The molecule has 0 aliphatic heterocycles. The van der Waals surface area contributed by atoms with Crippen molar-refractivity contribution in [3.63, 3.8) is 0 Å². The van der Waals surface area contributed by atoms with E-state index in [1.165, 1.54) is 13.8 Å². The smallest absolute Gasteiger partial charge is 0.246 e. The van der Waals surface area contributed by atoms with Crippen LogP contribution in [-0.4, -0.2) is 36.5 Å². The van der Waals surface area contributed by atoms with E-state index in [2.05, 4.69) is 0 Å². The molecule has 0 atom stereocenters.